The number of fused-ring (bicyclic) bond motifs is 1. The maximum absolute atomic E-state index is 13.3. The molecule has 0 bridgehead atoms. The summed E-state index contributed by atoms with van der Waals surface area (Å²) in [6.45, 7) is 1.98. The van der Waals surface area contributed by atoms with Crippen LogP contribution in [0.15, 0.2) is 41.3 Å². The van der Waals surface area contributed by atoms with Gasteiger partial charge in [-0.2, -0.15) is 0 Å². The van der Waals surface area contributed by atoms with Crippen molar-refractivity contribution >= 4 is 16.9 Å². The fourth-order valence-corrected chi connectivity index (χ4v) is 3.02. The fraction of sp³-hybridized carbons (Fsp3) is 0.238. The van der Waals surface area contributed by atoms with Crippen molar-refractivity contribution < 1.29 is 27.8 Å². The minimum absolute atomic E-state index is 0.121. The minimum atomic E-state index is -0.850. The van der Waals surface area contributed by atoms with Crippen LogP contribution in [0.5, 0.6) is 17.2 Å². The summed E-state index contributed by atoms with van der Waals surface area (Å²) in [7, 11) is 2.90. The predicted molar refractivity (Wildman–Crippen MR) is 106 cm³/mol. The van der Waals surface area contributed by atoms with Crippen molar-refractivity contribution in [3.63, 3.8) is 0 Å². The molecule has 0 fully saturated rings. The van der Waals surface area contributed by atoms with E-state index in [0.29, 0.717) is 23.4 Å². The van der Waals surface area contributed by atoms with Crippen LogP contribution in [-0.4, -0.2) is 24.9 Å². The Bertz CT molecular complexity index is 1140. The van der Waals surface area contributed by atoms with Gasteiger partial charge in [0.25, 0.3) is 5.56 Å². The standard InChI is InChI=1S/C21H20F2N2O5/c1-4-25-11-19(15-8-17(28-2)18(29-3)9-16(15)20(25)26)30-21(27)24-10-12-5-13(22)7-14(23)6-12/h5-9,11H,4,10H2,1-3H3,(H,24,27). The van der Waals surface area contributed by atoms with E-state index in [1.54, 1.807) is 13.0 Å². The second kappa shape index (κ2) is 8.81. The molecule has 30 heavy (non-hydrogen) atoms. The lowest BCUT2D eigenvalue weighted by Gasteiger charge is -2.14. The molecular formula is C21H20F2N2O5. The summed E-state index contributed by atoms with van der Waals surface area (Å²) in [5.41, 5.74) is -0.0457. The molecule has 0 atom stereocenters. The molecule has 0 saturated carbocycles. The van der Waals surface area contributed by atoms with Gasteiger partial charge in [0.1, 0.15) is 11.6 Å². The Labute approximate surface area is 170 Å². The van der Waals surface area contributed by atoms with Crippen molar-refractivity contribution in [3.8, 4) is 17.2 Å². The topological polar surface area (TPSA) is 78.8 Å². The molecule has 0 unspecified atom stereocenters. The molecule has 0 aliphatic heterocycles. The number of benzene rings is 2. The number of aryl methyl sites for hydroxylation is 1. The van der Waals surface area contributed by atoms with E-state index in [1.165, 1.54) is 31.0 Å². The Hall–Kier alpha value is -3.62. The summed E-state index contributed by atoms with van der Waals surface area (Å²) >= 11 is 0. The Morgan fingerprint density at radius 2 is 1.57 bits per heavy atom. The summed E-state index contributed by atoms with van der Waals surface area (Å²) in [6, 6.07) is 6.01. The zero-order chi connectivity index (χ0) is 21.8. The van der Waals surface area contributed by atoms with Crippen LogP contribution in [0.4, 0.5) is 13.6 Å². The number of pyridine rings is 1. The highest BCUT2D eigenvalue weighted by atomic mass is 19.1. The number of methoxy groups -OCH3 is 2. The van der Waals surface area contributed by atoms with Gasteiger partial charge in [-0.05, 0) is 36.8 Å². The number of hydrogen-bond acceptors (Lipinski definition) is 5. The van der Waals surface area contributed by atoms with E-state index < -0.39 is 17.7 Å². The fourth-order valence-electron chi connectivity index (χ4n) is 3.02. The normalized spacial score (nSPS) is 10.7. The number of ether oxygens (including phenoxy) is 3. The molecule has 0 saturated heterocycles. The summed E-state index contributed by atoms with van der Waals surface area (Å²) in [5.74, 6) is -0.654. The zero-order valence-corrected chi connectivity index (χ0v) is 16.6. The van der Waals surface area contributed by atoms with Crippen LogP contribution in [0, 0.1) is 11.6 Å². The van der Waals surface area contributed by atoms with Gasteiger partial charge in [0.2, 0.25) is 0 Å². The summed E-state index contributed by atoms with van der Waals surface area (Å²) < 4.78 is 43.9. The SMILES string of the molecule is CCn1cc(OC(=O)NCc2cc(F)cc(F)c2)c2cc(OC)c(OC)cc2c1=O. The van der Waals surface area contributed by atoms with Crippen molar-refractivity contribution in [2.75, 3.05) is 14.2 Å². The average Bonchev–Trinajstić information content (AvgIpc) is 2.72. The lowest BCUT2D eigenvalue weighted by molar-refractivity contribution is 0.200. The lowest BCUT2D eigenvalue weighted by Crippen LogP contribution is -2.27. The highest BCUT2D eigenvalue weighted by Gasteiger charge is 2.17. The van der Waals surface area contributed by atoms with Crippen LogP contribution >= 0.6 is 0 Å². The number of amides is 1. The first kappa shape index (κ1) is 21.1. The monoisotopic (exact) mass is 418 g/mol. The molecule has 1 aromatic heterocycles. The quantitative estimate of drug-likeness (QED) is 0.662. The molecule has 0 aliphatic carbocycles. The van der Waals surface area contributed by atoms with Gasteiger partial charge in [-0.3, -0.25) is 4.79 Å². The van der Waals surface area contributed by atoms with Gasteiger partial charge in [0.15, 0.2) is 17.2 Å². The third-order valence-electron chi connectivity index (χ3n) is 4.46. The Kier molecular flexibility index (Phi) is 6.20. The molecule has 2 aromatic carbocycles. The summed E-state index contributed by atoms with van der Waals surface area (Å²) in [6.07, 6.45) is 0.565. The molecule has 0 spiro atoms. The molecule has 1 N–H and O–H groups in total. The molecule has 7 nitrogen and oxygen atoms in total. The number of hydrogen-bond donors (Lipinski definition) is 1. The lowest BCUT2D eigenvalue weighted by atomic mass is 10.1. The molecule has 3 aromatic rings. The van der Waals surface area contributed by atoms with Crippen molar-refractivity contribution in [2.24, 2.45) is 0 Å². The van der Waals surface area contributed by atoms with Crippen LogP contribution in [-0.2, 0) is 13.1 Å². The second-order valence-corrected chi connectivity index (χ2v) is 6.36. The molecule has 0 radical (unpaired) electrons. The van der Waals surface area contributed by atoms with E-state index in [0.717, 1.165) is 18.2 Å². The third kappa shape index (κ3) is 4.35. The maximum atomic E-state index is 13.3. The number of aromatic nitrogens is 1. The Morgan fingerprint density at radius 1 is 0.967 bits per heavy atom. The summed E-state index contributed by atoms with van der Waals surface area (Å²) in [4.78, 5) is 25.0. The van der Waals surface area contributed by atoms with Gasteiger partial charge in [-0.1, -0.05) is 0 Å². The maximum Gasteiger partial charge on any atom is 0.412 e. The van der Waals surface area contributed by atoms with E-state index in [-0.39, 0.29) is 28.8 Å². The largest absolute Gasteiger partial charge is 0.493 e. The molecule has 1 heterocycles. The summed E-state index contributed by atoms with van der Waals surface area (Å²) in [5, 5.41) is 3.07. The van der Waals surface area contributed by atoms with Crippen LogP contribution < -0.4 is 25.1 Å². The first-order valence-corrected chi connectivity index (χ1v) is 9.06. The smallest absolute Gasteiger partial charge is 0.412 e. The molecule has 0 aliphatic rings. The van der Waals surface area contributed by atoms with Crippen LogP contribution in [0.2, 0.25) is 0 Å². The highest BCUT2D eigenvalue weighted by Crippen LogP contribution is 2.34. The van der Waals surface area contributed by atoms with Gasteiger partial charge in [-0.25, -0.2) is 13.6 Å². The van der Waals surface area contributed by atoms with Gasteiger partial charge >= 0.3 is 6.09 Å². The number of rotatable bonds is 6. The van der Waals surface area contributed by atoms with Crippen molar-refractivity contribution in [1.29, 1.82) is 0 Å². The first-order valence-electron chi connectivity index (χ1n) is 9.06. The van der Waals surface area contributed by atoms with Crippen molar-refractivity contribution in [3.05, 3.63) is 64.1 Å². The minimum Gasteiger partial charge on any atom is -0.493 e. The number of carbonyl (C=O) groups excluding carboxylic acids is 1. The molecule has 158 valence electrons. The molecular weight excluding hydrogens is 398 g/mol. The first-order chi connectivity index (χ1) is 14.4. The Morgan fingerprint density at radius 3 is 2.13 bits per heavy atom. The zero-order valence-electron chi connectivity index (χ0n) is 16.6. The second-order valence-electron chi connectivity index (χ2n) is 6.36. The van der Waals surface area contributed by atoms with Gasteiger partial charge in [-0.15, -0.1) is 0 Å². The van der Waals surface area contributed by atoms with Gasteiger partial charge in [0.05, 0.1) is 25.8 Å². The van der Waals surface area contributed by atoms with Crippen LogP contribution in [0.25, 0.3) is 10.8 Å². The highest BCUT2D eigenvalue weighted by molar-refractivity contribution is 5.92. The van der Waals surface area contributed by atoms with Gasteiger partial charge in [0, 0.05) is 24.5 Å². The van der Waals surface area contributed by atoms with Crippen LogP contribution in [0.1, 0.15) is 12.5 Å². The Balaban J connectivity index is 1.93. The van der Waals surface area contributed by atoms with E-state index >= 15 is 0 Å². The number of nitrogens with one attached hydrogen (secondary N) is 1. The molecule has 9 heteroatoms. The average molecular weight is 418 g/mol. The van der Waals surface area contributed by atoms with E-state index in [2.05, 4.69) is 5.32 Å². The van der Waals surface area contributed by atoms with Crippen molar-refractivity contribution in [2.45, 2.75) is 20.0 Å². The number of nitrogens with zero attached hydrogens (tertiary/aromatic N) is 1. The van der Waals surface area contributed by atoms with E-state index in [9.17, 15) is 18.4 Å². The number of halogens is 2. The molecule has 3 rings (SSSR count). The van der Waals surface area contributed by atoms with E-state index in [1.807, 2.05) is 0 Å². The molecule has 1 amide bonds. The van der Waals surface area contributed by atoms with Crippen molar-refractivity contribution in [1.82, 2.24) is 9.88 Å². The van der Waals surface area contributed by atoms with Gasteiger partial charge < -0.3 is 24.1 Å². The third-order valence-corrected chi connectivity index (χ3v) is 4.46. The predicted octanol–water partition coefficient (Wildman–Crippen LogP) is 3.61. The van der Waals surface area contributed by atoms with Crippen LogP contribution in [0.3, 0.4) is 0 Å². The van der Waals surface area contributed by atoms with E-state index in [4.69, 9.17) is 14.2 Å². The number of carbonyl (C=O) groups is 1.